The van der Waals surface area contributed by atoms with E-state index in [1.165, 1.54) is 6.42 Å². The van der Waals surface area contributed by atoms with E-state index in [2.05, 4.69) is 5.32 Å². The van der Waals surface area contributed by atoms with Crippen molar-refractivity contribution in [1.82, 2.24) is 9.80 Å². The van der Waals surface area contributed by atoms with Gasteiger partial charge in [-0.2, -0.15) is 0 Å². The second kappa shape index (κ2) is 12.7. The van der Waals surface area contributed by atoms with Crippen molar-refractivity contribution in [2.45, 2.75) is 72.1 Å². The van der Waals surface area contributed by atoms with Crippen LogP contribution in [-0.4, -0.2) is 59.7 Å². The maximum absolute atomic E-state index is 13.1. The molecule has 1 aliphatic heterocycles. The molecule has 1 saturated heterocycles. The molecular formula is C29H41N3O4. The predicted molar refractivity (Wildman–Crippen MR) is 144 cm³/mol. The van der Waals surface area contributed by atoms with Crippen LogP contribution in [0.1, 0.15) is 69.8 Å². The summed E-state index contributed by atoms with van der Waals surface area (Å²) < 4.78 is 11.6. The van der Waals surface area contributed by atoms with Gasteiger partial charge in [0.25, 0.3) is 5.91 Å². The van der Waals surface area contributed by atoms with E-state index in [-0.39, 0.29) is 18.1 Å². The molecule has 2 aromatic carbocycles. The molecule has 0 aliphatic carbocycles. The molecule has 1 heterocycles. The van der Waals surface area contributed by atoms with Crippen LogP contribution in [0.5, 0.6) is 5.75 Å². The van der Waals surface area contributed by atoms with Crippen LogP contribution >= 0.6 is 0 Å². The Morgan fingerprint density at radius 3 is 2.44 bits per heavy atom. The van der Waals surface area contributed by atoms with Crippen LogP contribution in [0.4, 0.5) is 10.5 Å². The summed E-state index contributed by atoms with van der Waals surface area (Å²) in [6.45, 7) is 12.5. The second-order valence-corrected chi connectivity index (χ2v) is 10.5. The summed E-state index contributed by atoms with van der Waals surface area (Å²) in [7, 11) is 0. The van der Waals surface area contributed by atoms with Gasteiger partial charge in [-0.25, -0.2) is 4.79 Å². The number of ether oxygens (including phenoxy) is 2. The average molecular weight is 496 g/mol. The minimum absolute atomic E-state index is 0.0591. The van der Waals surface area contributed by atoms with E-state index >= 15 is 0 Å². The van der Waals surface area contributed by atoms with Gasteiger partial charge in [-0.15, -0.1) is 0 Å². The van der Waals surface area contributed by atoms with Crippen LogP contribution < -0.4 is 10.1 Å². The zero-order valence-electron chi connectivity index (χ0n) is 22.4. The summed E-state index contributed by atoms with van der Waals surface area (Å²) in [4.78, 5) is 29.7. The largest absolute Gasteiger partial charge is 0.489 e. The summed E-state index contributed by atoms with van der Waals surface area (Å²) in [6.07, 6.45) is 2.96. The molecule has 1 N–H and O–H groups in total. The van der Waals surface area contributed by atoms with Crippen molar-refractivity contribution < 1.29 is 19.1 Å². The predicted octanol–water partition coefficient (Wildman–Crippen LogP) is 5.95. The lowest BCUT2D eigenvalue weighted by atomic mass is 10.1. The normalized spacial score (nSPS) is 13.9. The fourth-order valence-corrected chi connectivity index (χ4v) is 4.16. The molecule has 7 heteroatoms. The number of nitrogens with zero attached hydrogens (tertiary/aromatic N) is 2. The van der Waals surface area contributed by atoms with E-state index in [0.717, 1.165) is 42.9 Å². The number of carbonyl (C=O) groups is 2. The number of amides is 2. The smallest absolute Gasteiger partial charge is 0.410 e. The first-order chi connectivity index (χ1) is 17.1. The second-order valence-electron chi connectivity index (χ2n) is 10.5. The third kappa shape index (κ3) is 8.47. The monoisotopic (exact) mass is 495 g/mol. The minimum atomic E-state index is -0.605. The summed E-state index contributed by atoms with van der Waals surface area (Å²) in [5.74, 6) is 0.837. The quantitative estimate of drug-likeness (QED) is 0.466. The number of likely N-dealkylation sites (tertiary alicyclic amines) is 1. The molecule has 0 saturated carbocycles. The highest BCUT2D eigenvalue weighted by atomic mass is 16.6. The van der Waals surface area contributed by atoms with Gasteiger partial charge in [0.15, 0.2) is 0 Å². The number of hydrogen-bond donors (Lipinski definition) is 1. The van der Waals surface area contributed by atoms with Crippen LogP contribution in [-0.2, 0) is 11.3 Å². The lowest BCUT2D eigenvalue weighted by Crippen LogP contribution is -2.39. The SMILES string of the molecule is CC(C)Oc1ccccc1NCCN(Cc1cccc(C(=O)N2CCCCC2)c1)C(=O)OC(C)(C)C. The van der Waals surface area contributed by atoms with E-state index in [9.17, 15) is 9.59 Å². The van der Waals surface area contributed by atoms with Crippen LogP contribution in [0.3, 0.4) is 0 Å². The Hall–Kier alpha value is -3.22. The lowest BCUT2D eigenvalue weighted by Gasteiger charge is -2.28. The minimum Gasteiger partial charge on any atom is -0.489 e. The van der Waals surface area contributed by atoms with Crippen LogP contribution in [0, 0.1) is 0 Å². The summed E-state index contributed by atoms with van der Waals surface area (Å²) in [5.41, 5.74) is 1.83. The van der Waals surface area contributed by atoms with Gasteiger partial charge in [0, 0.05) is 38.3 Å². The molecule has 0 unspecified atom stereocenters. The number of anilines is 1. The molecule has 2 amide bonds. The van der Waals surface area contributed by atoms with Crippen molar-refractivity contribution in [2.24, 2.45) is 0 Å². The first-order valence-corrected chi connectivity index (χ1v) is 13.0. The van der Waals surface area contributed by atoms with Crippen molar-refractivity contribution >= 4 is 17.7 Å². The van der Waals surface area contributed by atoms with E-state index in [0.29, 0.717) is 25.2 Å². The highest BCUT2D eigenvalue weighted by Crippen LogP contribution is 2.25. The fraction of sp³-hybridized carbons (Fsp3) is 0.517. The first-order valence-electron chi connectivity index (χ1n) is 13.0. The van der Waals surface area contributed by atoms with Crippen molar-refractivity contribution in [2.75, 3.05) is 31.5 Å². The molecule has 0 radical (unpaired) electrons. The average Bonchev–Trinajstić information content (AvgIpc) is 2.83. The fourth-order valence-electron chi connectivity index (χ4n) is 4.16. The molecule has 1 aliphatic rings. The number of benzene rings is 2. The van der Waals surface area contributed by atoms with Crippen molar-refractivity contribution in [1.29, 1.82) is 0 Å². The van der Waals surface area contributed by atoms with Gasteiger partial charge in [0.05, 0.1) is 11.8 Å². The number of carbonyl (C=O) groups excluding carboxylic acids is 2. The number of rotatable bonds is 9. The Morgan fingerprint density at radius 1 is 1.03 bits per heavy atom. The topological polar surface area (TPSA) is 71.1 Å². The zero-order chi connectivity index (χ0) is 26.1. The Bertz CT molecular complexity index is 1010. The van der Waals surface area contributed by atoms with Gasteiger partial charge in [-0.05, 0) is 83.7 Å². The number of nitrogens with one attached hydrogen (secondary N) is 1. The maximum Gasteiger partial charge on any atom is 0.410 e. The summed E-state index contributed by atoms with van der Waals surface area (Å²) >= 11 is 0. The summed E-state index contributed by atoms with van der Waals surface area (Å²) in [5, 5.41) is 3.39. The van der Waals surface area contributed by atoms with Crippen LogP contribution in [0.25, 0.3) is 0 Å². The molecule has 0 aromatic heterocycles. The Morgan fingerprint density at radius 2 is 1.75 bits per heavy atom. The Labute approximate surface area is 215 Å². The van der Waals surface area contributed by atoms with Gasteiger partial charge in [-0.3, -0.25) is 4.79 Å². The van der Waals surface area contributed by atoms with Crippen molar-refractivity contribution in [3.05, 3.63) is 59.7 Å². The first kappa shape index (κ1) is 27.4. The third-order valence-corrected chi connectivity index (χ3v) is 5.79. The molecule has 196 valence electrons. The molecular weight excluding hydrogens is 454 g/mol. The maximum atomic E-state index is 13.1. The van der Waals surface area contributed by atoms with E-state index in [4.69, 9.17) is 9.47 Å². The van der Waals surface area contributed by atoms with Gasteiger partial charge < -0.3 is 24.6 Å². The standard InChI is InChI=1S/C29H41N3O4/c1-22(2)35-26-15-8-7-14-25(26)30-16-19-32(28(34)36-29(3,4)5)21-23-12-11-13-24(20-23)27(33)31-17-9-6-10-18-31/h7-8,11-15,20,22,30H,6,9-10,16-19,21H2,1-5H3. The number of para-hydroxylation sites is 2. The number of piperidine rings is 1. The third-order valence-electron chi connectivity index (χ3n) is 5.79. The molecule has 3 rings (SSSR count). The molecule has 0 spiro atoms. The molecule has 2 aromatic rings. The molecule has 1 fully saturated rings. The molecule has 0 bridgehead atoms. The zero-order valence-corrected chi connectivity index (χ0v) is 22.4. The van der Waals surface area contributed by atoms with Crippen LogP contribution in [0.2, 0.25) is 0 Å². The van der Waals surface area contributed by atoms with Gasteiger partial charge in [-0.1, -0.05) is 24.3 Å². The van der Waals surface area contributed by atoms with Gasteiger partial charge >= 0.3 is 6.09 Å². The van der Waals surface area contributed by atoms with Crippen LogP contribution in [0.15, 0.2) is 48.5 Å². The molecule has 7 nitrogen and oxygen atoms in total. The van der Waals surface area contributed by atoms with E-state index in [1.807, 2.05) is 88.0 Å². The molecule has 0 atom stereocenters. The van der Waals surface area contributed by atoms with Crippen molar-refractivity contribution in [3.63, 3.8) is 0 Å². The lowest BCUT2D eigenvalue weighted by molar-refractivity contribution is 0.0241. The summed E-state index contributed by atoms with van der Waals surface area (Å²) in [6, 6.07) is 15.4. The van der Waals surface area contributed by atoms with Gasteiger partial charge in [0.1, 0.15) is 11.4 Å². The van der Waals surface area contributed by atoms with Crippen molar-refractivity contribution in [3.8, 4) is 5.75 Å². The Balaban J connectivity index is 1.70. The van der Waals surface area contributed by atoms with Gasteiger partial charge in [0.2, 0.25) is 0 Å². The van der Waals surface area contributed by atoms with E-state index in [1.54, 1.807) is 4.90 Å². The highest BCUT2D eigenvalue weighted by molar-refractivity contribution is 5.94. The highest BCUT2D eigenvalue weighted by Gasteiger charge is 2.23. The molecule has 36 heavy (non-hydrogen) atoms. The number of hydrogen-bond acceptors (Lipinski definition) is 5. The Kier molecular flexibility index (Phi) is 9.62. The van der Waals surface area contributed by atoms with E-state index < -0.39 is 5.60 Å².